The van der Waals surface area contributed by atoms with Crippen LogP contribution in [-0.4, -0.2) is 56.7 Å². The molecule has 3 aliphatic heterocycles. The largest absolute Gasteiger partial charge is 0.478 e. The molecule has 1 aromatic rings. The first kappa shape index (κ1) is 17.4. The number of piperidine rings is 3. The minimum atomic E-state index is -1.26. The van der Waals surface area contributed by atoms with E-state index in [1.54, 1.807) is 6.20 Å². The van der Waals surface area contributed by atoms with Gasteiger partial charge in [-0.1, -0.05) is 11.6 Å². The van der Waals surface area contributed by atoms with Crippen molar-refractivity contribution in [2.75, 3.05) is 19.6 Å². The number of rotatable bonds is 3. The first-order chi connectivity index (χ1) is 11.0. The summed E-state index contributed by atoms with van der Waals surface area (Å²) in [5.41, 5.74) is 1.08. The Kier molecular flexibility index (Phi) is 6.06. The lowest BCUT2D eigenvalue weighted by Gasteiger charge is -2.44. The lowest BCUT2D eigenvalue weighted by molar-refractivity contribution is -0.134. The number of carboxylic acid groups (broad SMARTS) is 2. The molecule has 0 saturated carbocycles. The summed E-state index contributed by atoms with van der Waals surface area (Å²) < 4.78 is 0. The third-order valence-electron chi connectivity index (χ3n) is 4.03. The number of aliphatic carboxylic acids is 2. The molecule has 1 unspecified atom stereocenters. The molecule has 0 aromatic carbocycles. The van der Waals surface area contributed by atoms with Crippen LogP contribution >= 0.6 is 11.6 Å². The number of aromatic nitrogens is 2. The number of carbonyl (C=O) groups is 2. The average Bonchev–Trinajstić information content (AvgIpc) is 2.54. The minimum Gasteiger partial charge on any atom is -0.478 e. The standard InChI is InChI=1S/C11H14ClN3.C4H4O4/c12-11-6-13-5-10(14-11)9-7-15-3-1-8(9)2-4-15;5-3(6)1-2-4(7)8/h5-6,8-9H,1-4,7H2;1-2H,(H,5,6)(H,7,8). The molecule has 3 saturated heterocycles. The molecule has 8 heteroatoms. The van der Waals surface area contributed by atoms with Gasteiger partial charge in [-0.2, -0.15) is 0 Å². The highest BCUT2D eigenvalue weighted by Crippen LogP contribution is 2.38. The molecule has 124 valence electrons. The summed E-state index contributed by atoms with van der Waals surface area (Å²) >= 11 is 5.88. The minimum absolute atomic E-state index is 0.518. The molecule has 23 heavy (non-hydrogen) atoms. The van der Waals surface area contributed by atoms with Crippen molar-refractivity contribution in [1.82, 2.24) is 14.9 Å². The van der Waals surface area contributed by atoms with E-state index in [9.17, 15) is 9.59 Å². The maximum absolute atomic E-state index is 9.55. The van der Waals surface area contributed by atoms with Gasteiger partial charge < -0.3 is 15.1 Å². The Balaban J connectivity index is 0.000000207. The smallest absolute Gasteiger partial charge is 0.328 e. The van der Waals surface area contributed by atoms with E-state index in [0.717, 1.165) is 18.2 Å². The van der Waals surface area contributed by atoms with Gasteiger partial charge >= 0.3 is 11.9 Å². The fraction of sp³-hybridized carbons (Fsp3) is 0.467. The van der Waals surface area contributed by atoms with E-state index in [1.165, 1.54) is 25.9 Å². The van der Waals surface area contributed by atoms with Crippen LogP contribution in [-0.2, 0) is 9.59 Å². The average molecular weight is 340 g/mol. The summed E-state index contributed by atoms with van der Waals surface area (Å²) in [6.07, 6.45) is 7.20. The molecule has 2 bridgehead atoms. The zero-order valence-corrected chi connectivity index (χ0v) is 13.2. The monoisotopic (exact) mass is 339 g/mol. The van der Waals surface area contributed by atoms with Crippen molar-refractivity contribution in [2.45, 2.75) is 18.8 Å². The Labute approximate surface area is 138 Å². The third-order valence-corrected chi connectivity index (χ3v) is 4.21. The van der Waals surface area contributed by atoms with Gasteiger partial charge in [0, 0.05) is 30.8 Å². The van der Waals surface area contributed by atoms with Crippen molar-refractivity contribution in [2.24, 2.45) is 5.92 Å². The molecule has 0 aliphatic carbocycles. The molecule has 0 spiro atoms. The fourth-order valence-electron chi connectivity index (χ4n) is 2.98. The van der Waals surface area contributed by atoms with Gasteiger partial charge in [-0.15, -0.1) is 0 Å². The molecule has 2 N–H and O–H groups in total. The topological polar surface area (TPSA) is 104 Å². The van der Waals surface area contributed by atoms with Crippen LogP contribution in [0.2, 0.25) is 5.15 Å². The van der Waals surface area contributed by atoms with E-state index in [2.05, 4.69) is 14.9 Å². The number of nitrogens with zero attached hydrogens (tertiary/aromatic N) is 3. The number of hydrogen-bond acceptors (Lipinski definition) is 5. The number of fused-ring (bicyclic) bond motifs is 3. The second-order valence-electron chi connectivity index (χ2n) is 5.52. The normalized spacial score (nSPS) is 25.7. The Hall–Kier alpha value is -1.99. The van der Waals surface area contributed by atoms with Gasteiger partial charge in [0.25, 0.3) is 0 Å². The lowest BCUT2D eigenvalue weighted by Crippen LogP contribution is -2.46. The molecule has 1 aromatic heterocycles. The number of carboxylic acids is 2. The van der Waals surface area contributed by atoms with Crippen LogP contribution in [0.1, 0.15) is 24.5 Å². The van der Waals surface area contributed by atoms with Crippen LogP contribution in [0.4, 0.5) is 0 Å². The van der Waals surface area contributed by atoms with Crippen molar-refractivity contribution >= 4 is 23.5 Å². The highest BCUT2D eigenvalue weighted by molar-refractivity contribution is 6.29. The summed E-state index contributed by atoms with van der Waals surface area (Å²) in [5.74, 6) is -1.17. The second kappa shape index (κ2) is 8.03. The predicted molar refractivity (Wildman–Crippen MR) is 83.4 cm³/mol. The molecule has 3 fully saturated rings. The van der Waals surface area contributed by atoms with Gasteiger partial charge in [-0.3, -0.25) is 4.98 Å². The molecule has 4 heterocycles. The van der Waals surface area contributed by atoms with Crippen molar-refractivity contribution in [3.05, 3.63) is 35.4 Å². The molecular weight excluding hydrogens is 322 g/mol. The van der Waals surface area contributed by atoms with Crippen LogP contribution in [0.25, 0.3) is 0 Å². The van der Waals surface area contributed by atoms with Gasteiger partial charge in [0.1, 0.15) is 5.15 Å². The molecule has 1 atom stereocenters. The van der Waals surface area contributed by atoms with Gasteiger partial charge in [-0.05, 0) is 31.8 Å². The number of hydrogen-bond donors (Lipinski definition) is 2. The van der Waals surface area contributed by atoms with E-state index in [1.807, 2.05) is 6.20 Å². The lowest BCUT2D eigenvalue weighted by atomic mass is 9.77. The Morgan fingerprint density at radius 1 is 1.17 bits per heavy atom. The summed E-state index contributed by atoms with van der Waals surface area (Å²) in [6.45, 7) is 3.66. The second-order valence-corrected chi connectivity index (χ2v) is 5.91. The van der Waals surface area contributed by atoms with E-state index in [0.29, 0.717) is 23.2 Å². The van der Waals surface area contributed by atoms with Crippen molar-refractivity contribution < 1.29 is 19.8 Å². The van der Waals surface area contributed by atoms with Crippen LogP contribution in [0.5, 0.6) is 0 Å². The molecule has 7 nitrogen and oxygen atoms in total. The quantitative estimate of drug-likeness (QED) is 0.807. The van der Waals surface area contributed by atoms with Crippen molar-refractivity contribution in [3.8, 4) is 0 Å². The van der Waals surface area contributed by atoms with Crippen molar-refractivity contribution in [1.29, 1.82) is 0 Å². The SMILES string of the molecule is Clc1cncc(C2CN3CCC2CC3)n1.O=C(O)C=CC(=O)O. The molecular formula is C15H18ClN3O4. The Morgan fingerprint density at radius 2 is 1.78 bits per heavy atom. The molecule has 4 rings (SSSR count). The van der Waals surface area contributed by atoms with Crippen LogP contribution in [0.15, 0.2) is 24.5 Å². The van der Waals surface area contributed by atoms with Gasteiger partial charge in [0.05, 0.1) is 11.9 Å². The first-order valence-corrected chi connectivity index (χ1v) is 7.67. The number of halogens is 1. The zero-order valence-electron chi connectivity index (χ0n) is 12.4. The van der Waals surface area contributed by atoms with Crippen LogP contribution in [0.3, 0.4) is 0 Å². The summed E-state index contributed by atoms with van der Waals surface area (Å²) in [5, 5.41) is 16.1. The molecule has 0 amide bonds. The third kappa shape index (κ3) is 5.30. The highest BCUT2D eigenvalue weighted by Gasteiger charge is 2.35. The first-order valence-electron chi connectivity index (χ1n) is 7.29. The van der Waals surface area contributed by atoms with Crippen molar-refractivity contribution in [3.63, 3.8) is 0 Å². The van der Waals surface area contributed by atoms with Gasteiger partial charge in [0.15, 0.2) is 0 Å². The fourth-order valence-corrected chi connectivity index (χ4v) is 3.13. The van der Waals surface area contributed by atoms with E-state index < -0.39 is 11.9 Å². The van der Waals surface area contributed by atoms with E-state index in [-0.39, 0.29) is 0 Å². The van der Waals surface area contributed by atoms with Gasteiger partial charge in [-0.25, -0.2) is 14.6 Å². The molecule has 3 aliphatic rings. The summed E-state index contributed by atoms with van der Waals surface area (Å²) in [6, 6.07) is 0. The van der Waals surface area contributed by atoms with Crippen LogP contribution < -0.4 is 0 Å². The highest BCUT2D eigenvalue weighted by atomic mass is 35.5. The van der Waals surface area contributed by atoms with Crippen LogP contribution in [0, 0.1) is 5.92 Å². The predicted octanol–water partition coefficient (Wildman–Crippen LogP) is 1.65. The maximum atomic E-state index is 9.55. The van der Waals surface area contributed by atoms with E-state index in [4.69, 9.17) is 21.8 Å². The maximum Gasteiger partial charge on any atom is 0.328 e. The summed E-state index contributed by atoms with van der Waals surface area (Å²) in [7, 11) is 0. The zero-order chi connectivity index (χ0) is 16.8. The van der Waals surface area contributed by atoms with Gasteiger partial charge in [0.2, 0.25) is 0 Å². The Bertz CT molecular complexity index is 584. The van der Waals surface area contributed by atoms with E-state index >= 15 is 0 Å². The molecule has 0 radical (unpaired) electrons. The summed E-state index contributed by atoms with van der Waals surface area (Å²) in [4.78, 5) is 30.2. The Morgan fingerprint density at radius 3 is 2.22 bits per heavy atom.